The Labute approximate surface area is 126 Å². The van der Waals surface area contributed by atoms with E-state index in [1.807, 2.05) is 0 Å². The number of primary amides is 1. The van der Waals surface area contributed by atoms with E-state index >= 15 is 0 Å². The number of likely N-dealkylation sites (tertiary alicyclic amines) is 2. The fourth-order valence-corrected chi connectivity index (χ4v) is 4.34. The highest BCUT2D eigenvalue weighted by Crippen LogP contribution is 2.45. The maximum Gasteiger partial charge on any atom is 0.286 e. The first-order valence-electron chi connectivity index (χ1n) is 7.78. The molecule has 2 rings (SSSR count). The summed E-state index contributed by atoms with van der Waals surface area (Å²) in [5.74, 6) is -0.146. The van der Waals surface area contributed by atoms with Crippen LogP contribution in [0.1, 0.15) is 33.6 Å². The monoisotopic (exact) mass is 298 g/mol. The molecule has 120 valence electrons. The van der Waals surface area contributed by atoms with Crippen LogP contribution in [0.4, 0.5) is 0 Å². The molecule has 6 heteroatoms. The quantitative estimate of drug-likeness (QED) is 0.540. The SMILES string of the molecule is CC(C)C[N+]1(C)CCC[C@]12CN([C@H](C(N)=O)[C@@H](C)O)C2=O. The molecule has 2 amide bonds. The van der Waals surface area contributed by atoms with E-state index < -0.39 is 23.6 Å². The van der Waals surface area contributed by atoms with Crippen molar-refractivity contribution in [1.82, 2.24) is 4.90 Å². The smallest absolute Gasteiger partial charge is 0.286 e. The Morgan fingerprint density at radius 1 is 1.48 bits per heavy atom. The number of quaternary nitrogens is 1. The lowest BCUT2D eigenvalue weighted by molar-refractivity contribution is -0.943. The molecule has 0 saturated carbocycles. The van der Waals surface area contributed by atoms with E-state index in [0.29, 0.717) is 12.5 Å². The van der Waals surface area contributed by atoms with Crippen molar-refractivity contribution in [3.8, 4) is 0 Å². The van der Waals surface area contributed by atoms with Crippen LogP contribution in [0.25, 0.3) is 0 Å². The van der Waals surface area contributed by atoms with Crippen molar-refractivity contribution < 1.29 is 19.2 Å². The van der Waals surface area contributed by atoms with Gasteiger partial charge in [0.2, 0.25) is 5.91 Å². The van der Waals surface area contributed by atoms with E-state index in [4.69, 9.17) is 5.73 Å². The first kappa shape index (κ1) is 16.2. The molecule has 2 aliphatic rings. The van der Waals surface area contributed by atoms with Crippen LogP contribution in [0.15, 0.2) is 0 Å². The Balaban J connectivity index is 2.21. The highest BCUT2D eigenvalue weighted by atomic mass is 16.3. The van der Waals surface area contributed by atoms with Crippen LogP contribution in [-0.2, 0) is 9.59 Å². The molecule has 3 N–H and O–H groups in total. The van der Waals surface area contributed by atoms with Gasteiger partial charge in [0, 0.05) is 18.8 Å². The summed E-state index contributed by atoms with van der Waals surface area (Å²) in [6, 6.07) is -0.906. The number of carbonyl (C=O) groups excluding carboxylic acids is 2. The highest BCUT2D eigenvalue weighted by molar-refractivity contribution is 5.96. The van der Waals surface area contributed by atoms with Crippen LogP contribution in [0.2, 0.25) is 0 Å². The number of hydrogen-bond acceptors (Lipinski definition) is 3. The molecular formula is C15H28N3O3+. The van der Waals surface area contributed by atoms with Crippen molar-refractivity contribution in [1.29, 1.82) is 0 Å². The lowest BCUT2D eigenvalue weighted by Crippen LogP contribution is -2.81. The van der Waals surface area contributed by atoms with Crippen molar-refractivity contribution in [2.45, 2.75) is 51.3 Å². The first-order chi connectivity index (χ1) is 9.64. The first-order valence-corrected chi connectivity index (χ1v) is 7.78. The van der Waals surface area contributed by atoms with E-state index in [-0.39, 0.29) is 5.91 Å². The summed E-state index contributed by atoms with van der Waals surface area (Å²) in [7, 11) is 2.14. The minimum atomic E-state index is -0.936. The van der Waals surface area contributed by atoms with Crippen molar-refractivity contribution in [3.63, 3.8) is 0 Å². The van der Waals surface area contributed by atoms with Gasteiger partial charge in [-0.1, -0.05) is 13.8 Å². The van der Waals surface area contributed by atoms with E-state index in [0.717, 1.165) is 30.4 Å². The predicted octanol–water partition coefficient (Wildman–Crippen LogP) is -0.301. The molecule has 0 radical (unpaired) electrons. The van der Waals surface area contributed by atoms with Crippen LogP contribution in [-0.4, -0.2) is 70.7 Å². The molecule has 1 unspecified atom stereocenters. The van der Waals surface area contributed by atoms with Crippen molar-refractivity contribution in [2.24, 2.45) is 11.7 Å². The third kappa shape index (κ3) is 2.34. The lowest BCUT2D eigenvalue weighted by Gasteiger charge is -2.57. The van der Waals surface area contributed by atoms with Gasteiger partial charge in [-0.25, -0.2) is 0 Å². The summed E-state index contributed by atoms with van der Waals surface area (Å²) in [5.41, 5.74) is 4.94. The van der Waals surface area contributed by atoms with Gasteiger partial charge in [-0.2, -0.15) is 0 Å². The van der Waals surface area contributed by atoms with Gasteiger partial charge in [0.1, 0.15) is 6.04 Å². The molecule has 2 aliphatic heterocycles. The Kier molecular flexibility index (Phi) is 4.06. The van der Waals surface area contributed by atoms with E-state index in [2.05, 4.69) is 20.9 Å². The van der Waals surface area contributed by atoms with Crippen LogP contribution >= 0.6 is 0 Å². The molecule has 2 fully saturated rings. The number of β-lactam (4-membered cyclic amide) rings is 1. The second-order valence-corrected chi connectivity index (χ2v) is 7.35. The maximum atomic E-state index is 12.8. The third-order valence-corrected chi connectivity index (χ3v) is 5.22. The van der Waals surface area contributed by atoms with Gasteiger partial charge in [0.05, 0.1) is 32.8 Å². The lowest BCUT2D eigenvalue weighted by atomic mass is 9.81. The predicted molar refractivity (Wildman–Crippen MR) is 79.1 cm³/mol. The topological polar surface area (TPSA) is 83.6 Å². The van der Waals surface area contributed by atoms with Gasteiger partial charge >= 0.3 is 0 Å². The van der Waals surface area contributed by atoms with Gasteiger partial charge in [-0.15, -0.1) is 0 Å². The van der Waals surface area contributed by atoms with E-state index in [1.165, 1.54) is 11.8 Å². The average Bonchev–Trinajstić information content (AvgIpc) is 2.66. The molecule has 2 heterocycles. The summed E-state index contributed by atoms with van der Waals surface area (Å²) in [6.07, 6.45) is 0.948. The van der Waals surface area contributed by atoms with Gasteiger partial charge in [-0.05, 0) is 6.92 Å². The van der Waals surface area contributed by atoms with Crippen molar-refractivity contribution in [2.75, 3.05) is 26.7 Å². The Morgan fingerprint density at radius 3 is 2.52 bits per heavy atom. The van der Waals surface area contributed by atoms with Crippen molar-refractivity contribution >= 4 is 11.8 Å². The molecule has 2 saturated heterocycles. The summed E-state index contributed by atoms with van der Waals surface area (Å²) < 4.78 is 0.741. The molecule has 0 aromatic rings. The molecule has 6 nitrogen and oxygen atoms in total. The molecule has 0 aromatic heterocycles. The zero-order valence-corrected chi connectivity index (χ0v) is 13.5. The minimum absolute atomic E-state index is 0.0205. The summed E-state index contributed by atoms with van der Waals surface area (Å²) >= 11 is 0. The van der Waals surface area contributed by atoms with Gasteiger partial charge < -0.3 is 20.2 Å². The molecule has 0 aromatic carbocycles. The van der Waals surface area contributed by atoms with Gasteiger partial charge in [-0.3, -0.25) is 9.59 Å². The van der Waals surface area contributed by atoms with Crippen LogP contribution in [0.3, 0.4) is 0 Å². The number of nitrogens with two attached hydrogens (primary N) is 1. The minimum Gasteiger partial charge on any atom is -0.391 e. The Hall–Kier alpha value is -1.14. The number of aliphatic hydroxyl groups excluding tert-OH is 1. The van der Waals surface area contributed by atoms with E-state index in [1.54, 1.807) is 0 Å². The zero-order chi connectivity index (χ0) is 16.0. The normalized spacial score (nSPS) is 35.1. The Morgan fingerprint density at radius 2 is 2.10 bits per heavy atom. The maximum absolute atomic E-state index is 12.8. The second kappa shape index (κ2) is 5.25. The standard InChI is InChI=1S/C15H27N3O3/c1-10(2)8-18(4)7-5-6-15(18)9-17(14(15)21)12(11(3)19)13(16)20/h10-12,19H,5-9H2,1-4H3,(H-,16,20)/p+1/t11-,12+,15-,18?/m1/s1. The van der Waals surface area contributed by atoms with Gasteiger partial charge in [0.15, 0.2) is 5.54 Å². The number of rotatable bonds is 5. The highest BCUT2D eigenvalue weighted by Gasteiger charge is 2.68. The molecule has 1 spiro atoms. The third-order valence-electron chi connectivity index (χ3n) is 5.22. The zero-order valence-electron chi connectivity index (χ0n) is 13.5. The molecule has 0 aliphatic carbocycles. The number of hydrogen-bond donors (Lipinski definition) is 2. The van der Waals surface area contributed by atoms with E-state index in [9.17, 15) is 14.7 Å². The molecular weight excluding hydrogens is 270 g/mol. The number of likely N-dealkylation sites (N-methyl/N-ethyl adjacent to an activating group) is 1. The molecule has 4 atom stereocenters. The van der Waals surface area contributed by atoms with Crippen LogP contribution in [0, 0.1) is 5.92 Å². The van der Waals surface area contributed by atoms with Crippen LogP contribution < -0.4 is 5.73 Å². The molecule has 21 heavy (non-hydrogen) atoms. The second-order valence-electron chi connectivity index (χ2n) is 7.35. The number of nitrogens with zero attached hydrogens (tertiary/aromatic N) is 2. The number of carbonyl (C=O) groups is 2. The summed E-state index contributed by atoms with van der Waals surface area (Å²) in [5, 5.41) is 9.74. The largest absolute Gasteiger partial charge is 0.391 e. The average molecular weight is 298 g/mol. The summed E-state index contributed by atoms with van der Waals surface area (Å²) in [4.78, 5) is 25.8. The number of amides is 2. The fourth-order valence-electron chi connectivity index (χ4n) is 4.34. The summed E-state index contributed by atoms with van der Waals surface area (Å²) in [6.45, 7) is 8.30. The Bertz CT molecular complexity index is 451. The number of aliphatic hydroxyl groups is 1. The van der Waals surface area contributed by atoms with Gasteiger partial charge in [0.25, 0.3) is 5.91 Å². The van der Waals surface area contributed by atoms with Crippen LogP contribution in [0.5, 0.6) is 0 Å². The van der Waals surface area contributed by atoms with Crippen molar-refractivity contribution in [3.05, 3.63) is 0 Å². The fraction of sp³-hybridized carbons (Fsp3) is 0.867. The molecule has 0 bridgehead atoms.